The number of carbonyl (C=O) groups excluding carboxylic acids is 1. The van der Waals surface area contributed by atoms with Crippen molar-refractivity contribution in [3.8, 4) is 0 Å². The number of benzene rings is 1. The zero-order valence-corrected chi connectivity index (χ0v) is 9.93. The quantitative estimate of drug-likeness (QED) is 0.769. The van der Waals surface area contributed by atoms with Gasteiger partial charge in [-0.25, -0.2) is 0 Å². The van der Waals surface area contributed by atoms with E-state index < -0.39 is 0 Å². The Morgan fingerprint density at radius 1 is 1.41 bits per heavy atom. The molecule has 1 heterocycles. The van der Waals surface area contributed by atoms with E-state index in [4.69, 9.17) is 5.73 Å². The number of nitrogens with zero attached hydrogens (tertiary/aromatic N) is 1. The zero-order chi connectivity index (χ0) is 12.1. The van der Waals surface area contributed by atoms with Crippen LogP contribution in [0.2, 0.25) is 0 Å². The van der Waals surface area contributed by atoms with E-state index in [0.29, 0.717) is 12.6 Å². The van der Waals surface area contributed by atoms with E-state index in [1.54, 1.807) is 0 Å². The summed E-state index contributed by atoms with van der Waals surface area (Å²) in [7, 11) is 0. The summed E-state index contributed by atoms with van der Waals surface area (Å²) in [5.74, 6) is -0.245. The van der Waals surface area contributed by atoms with Gasteiger partial charge in [-0.15, -0.1) is 0 Å². The van der Waals surface area contributed by atoms with Crippen molar-refractivity contribution in [3.05, 3.63) is 35.9 Å². The van der Waals surface area contributed by atoms with Crippen molar-refractivity contribution >= 4 is 5.91 Å². The highest BCUT2D eigenvalue weighted by Crippen LogP contribution is 2.10. The summed E-state index contributed by atoms with van der Waals surface area (Å²) in [4.78, 5) is 13.2. The summed E-state index contributed by atoms with van der Waals surface area (Å²) in [6.07, 6.45) is 0.959. The Bertz CT molecular complexity index is 366. The lowest BCUT2D eigenvalue weighted by molar-refractivity contribution is -0.119. The molecule has 0 spiro atoms. The van der Waals surface area contributed by atoms with E-state index in [1.165, 1.54) is 5.56 Å². The standard InChI is InChI=1S/C13H19N3O/c14-13(17)10-16-7-6-15-9-12(16)8-11-4-2-1-3-5-11/h1-5,12,15H,6-10H2,(H2,14,17). The van der Waals surface area contributed by atoms with Gasteiger partial charge in [0.2, 0.25) is 5.91 Å². The summed E-state index contributed by atoms with van der Waals surface area (Å²) in [6, 6.07) is 10.7. The molecule has 1 aromatic carbocycles. The van der Waals surface area contributed by atoms with Crippen LogP contribution >= 0.6 is 0 Å². The van der Waals surface area contributed by atoms with Crippen molar-refractivity contribution in [2.75, 3.05) is 26.2 Å². The van der Waals surface area contributed by atoms with E-state index in [-0.39, 0.29) is 5.91 Å². The molecule has 0 saturated carbocycles. The summed E-state index contributed by atoms with van der Waals surface area (Å²) in [6.45, 7) is 3.10. The molecule has 4 heteroatoms. The first-order valence-corrected chi connectivity index (χ1v) is 6.02. The fourth-order valence-electron chi connectivity index (χ4n) is 2.30. The van der Waals surface area contributed by atoms with Gasteiger partial charge in [-0.2, -0.15) is 0 Å². The Hall–Kier alpha value is -1.39. The van der Waals surface area contributed by atoms with Crippen LogP contribution in [0, 0.1) is 0 Å². The monoisotopic (exact) mass is 233 g/mol. The van der Waals surface area contributed by atoms with Gasteiger partial charge >= 0.3 is 0 Å². The SMILES string of the molecule is NC(=O)CN1CCNCC1Cc1ccccc1. The topological polar surface area (TPSA) is 58.4 Å². The smallest absolute Gasteiger partial charge is 0.231 e. The molecule has 1 unspecified atom stereocenters. The van der Waals surface area contributed by atoms with Crippen LogP contribution in [0.4, 0.5) is 0 Å². The van der Waals surface area contributed by atoms with E-state index in [0.717, 1.165) is 26.1 Å². The van der Waals surface area contributed by atoms with Gasteiger partial charge in [0.05, 0.1) is 6.54 Å². The molecule has 92 valence electrons. The molecule has 17 heavy (non-hydrogen) atoms. The molecular formula is C13H19N3O. The Morgan fingerprint density at radius 2 is 2.18 bits per heavy atom. The second-order valence-electron chi connectivity index (χ2n) is 4.48. The molecule has 1 saturated heterocycles. The van der Waals surface area contributed by atoms with Gasteiger partial charge in [0.25, 0.3) is 0 Å². The van der Waals surface area contributed by atoms with Gasteiger partial charge in [-0.3, -0.25) is 9.69 Å². The molecule has 1 fully saturated rings. The second kappa shape index (κ2) is 5.80. The van der Waals surface area contributed by atoms with Crippen LogP contribution in [0.25, 0.3) is 0 Å². The van der Waals surface area contributed by atoms with Crippen LogP contribution in [0.1, 0.15) is 5.56 Å². The number of hydrogen-bond donors (Lipinski definition) is 2. The van der Waals surface area contributed by atoms with Crippen LogP contribution in [0.3, 0.4) is 0 Å². The van der Waals surface area contributed by atoms with Crippen LogP contribution in [-0.2, 0) is 11.2 Å². The van der Waals surface area contributed by atoms with Crippen molar-refractivity contribution in [1.29, 1.82) is 0 Å². The van der Waals surface area contributed by atoms with Crippen LogP contribution in [0.15, 0.2) is 30.3 Å². The number of piperazine rings is 1. The molecule has 1 amide bonds. The fourth-order valence-corrected chi connectivity index (χ4v) is 2.30. The molecular weight excluding hydrogens is 214 g/mol. The summed E-state index contributed by atoms with van der Waals surface area (Å²) in [5.41, 5.74) is 6.58. The molecule has 0 bridgehead atoms. The first kappa shape index (κ1) is 12.1. The highest BCUT2D eigenvalue weighted by Gasteiger charge is 2.23. The van der Waals surface area contributed by atoms with E-state index in [9.17, 15) is 4.79 Å². The Kier molecular flexibility index (Phi) is 4.12. The largest absolute Gasteiger partial charge is 0.369 e. The maximum absolute atomic E-state index is 11.0. The molecule has 2 rings (SSSR count). The third kappa shape index (κ3) is 3.54. The number of hydrogen-bond acceptors (Lipinski definition) is 3. The summed E-state index contributed by atoms with van der Waals surface area (Å²) in [5, 5.41) is 3.36. The molecule has 0 aromatic heterocycles. The van der Waals surface area contributed by atoms with Crippen molar-refractivity contribution in [1.82, 2.24) is 10.2 Å². The van der Waals surface area contributed by atoms with E-state index in [2.05, 4.69) is 22.3 Å². The minimum Gasteiger partial charge on any atom is -0.369 e. The Morgan fingerprint density at radius 3 is 2.88 bits per heavy atom. The minimum atomic E-state index is -0.245. The molecule has 1 atom stereocenters. The average Bonchev–Trinajstić information content (AvgIpc) is 2.32. The van der Waals surface area contributed by atoms with Gasteiger partial charge < -0.3 is 11.1 Å². The third-order valence-electron chi connectivity index (χ3n) is 3.15. The fraction of sp³-hybridized carbons (Fsp3) is 0.462. The first-order chi connectivity index (χ1) is 8.25. The number of rotatable bonds is 4. The first-order valence-electron chi connectivity index (χ1n) is 6.02. The van der Waals surface area contributed by atoms with E-state index in [1.807, 2.05) is 18.2 Å². The van der Waals surface area contributed by atoms with Crippen molar-refractivity contribution in [2.24, 2.45) is 5.73 Å². The third-order valence-corrected chi connectivity index (χ3v) is 3.15. The number of carbonyl (C=O) groups is 1. The predicted octanol–water partition coefficient (Wildman–Crippen LogP) is -0.0118. The molecule has 3 N–H and O–H groups in total. The molecule has 0 aliphatic carbocycles. The number of amides is 1. The lowest BCUT2D eigenvalue weighted by Gasteiger charge is -2.35. The zero-order valence-electron chi connectivity index (χ0n) is 9.93. The summed E-state index contributed by atoms with van der Waals surface area (Å²) < 4.78 is 0. The Balaban J connectivity index is 1.99. The van der Waals surface area contributed by atoms with Crippen molar-refractivity contribution in [3.63, 3.8) is 0 Å². The maximum Gasteiger partial charge on any atom is 0.231 e. The number of nitrogens with two attached hydrogens (primary N) is 1. The molecule has 1 aliphatic rings. The predicted molar refractivity (Wildman–Crippen MR) is 67.6 cm³/mol. The maximum atomic E-state index is 11.0. The van der Waals surface area contributed by atoms with Gasteiger partial charge in [0, 0.05) is 25.7 Å². The van der Waals surface area contributed by atoms with Gasteiger partial charge in [-0.05, 0) is 12.0 Å². The second-order valence-corrected chi connectivity index (χ2v) is 4.48. The molecule has 4 nitrogen and oxygen atoms in total. The highest BCUT2D eigenvalue weighted by molar-refractivity contribution is 5.76. The van der Waals surface area contributed by atoms with Crippen LogP contribution < -0.4 is 11.1 Å². The summed E-state index contributed by atoms with van der Waals surface area (Å²) >= 11 is 0. The van der Waals surface area contributed by atoms with Gasteiger partial charge in [0.15, 0.2) is 0 Å². The van der Waals surface area contributed by atoms with Crippen LogP contribution in [0.5, 0.6) is 0 Å². The lowest BCUT2D eigenvalue weighted by Crippen LogP contribution is -2.54. The lowest BCUT2D eigenvalue weighted by atomic mass is 10.0. The van der Waals surface area contributed by atoms with Crippen molar-refractivity contribution in [2.45, 2.75) is 12.5 Å². The Labute approximate surface area is 102 Å². The number of primary amides is 1. The normalized spacial score (nSPS) is 21.3. The average molecular weight is 233 g/mol. The number of nitrogens with one attached hydrogen (secondary N) is 1. The van der Waals surface area contributed by atoms with Crippen molar-refractivity contribution < 1.29 is 4.79 Å². The van der Waals surface area contributed by atoms with E-state index >= 15 is 0 Å². The van der Waals surface area contributed by atoms with Gasteiger partial charge in [-0.1, -0.05) is 30.3 Å². The highest BCUT2D eigenvalue weighted by atomic mass is 16.1. The molecule has 1 aromatic rings. The molecule has 1 aliphatic heterocycles. The molecule has 0 radical (unpaired) electrons. The van der Waals surface area contributed by atoms with Crippen LogP contribution in [-0.4, -0.2) is 43.0 Å². The minimum absolute atomic E-state index is 0.245. The van der Waals surface area contributed by atoms with Gasteiger partial charge in [0.1, 0.15) is 0 Å².